The molecule has 1 aliphatic rings. The summed E-state index contributed by atoms with van der Waals surface area (Å²) in [6.45, 7) is 1.33. The average Bonchev–Trinajstić information content (AvgIpc) is 3.08. The predicted octanol–water partition coefficient (Wildman–Crippen LogP) is 3.82. The van der Waals surface area contributed by atoms with Crippen molar-refractivity contribution in [3.05, 3.63) is 82.9 Å². The summed E-state index contributed by atoms with van der Waals surface area (Å²) in [4.78, 5) is 28.6. The van der Waals surface area contributed by atoms with Crippen molar-refractivity contribution in [3.8, 4) is 11.5 Å². The molecule has 0 fully saturated rings. The van der Waals surface area contributed by atoms with E-state index in [-0.39, 0.29) is 28.8 Å². The highest BCUT2D eigenvalue weighted by molar-refractivity contribution is 5.97. The number of nitrogens with one attached hydrogen (secondary N) is 1. The highest BCUT2D eigenvalue weighted by Gasteiger charge is 2.49. The van der Waals surface area contributed by atoms with Crippen LogP contribution in [0.1, 0.15) is 34.0 Å². The van der Waals surface area contributed by atoms with Crippen LogP contribution in [0.5, 0.6) is 11.5 Å². The first-order valence-corrected chi connectivity index (χ1v) is 9.69. The number of phenolic OH excluding ortho intramolecular Hbond substituents is 2. The van der Waals surface area contributed by atoms with E-state index in [1.165, 1.54) is 32.6 Å². The van der Waals surface area contributed by atoms with Gasteiger partial charge in [-0.2, -0.15) is 0 Å². The van der Waals surface area contributed by atoms with Gasteiger partial charge in [0.2, 0.25) is 5.91 Å². The third-order valence-corrected chi connectivity index (χ3v) is 5.16. The molecule has 0 saturated carbocycles. The van der Waals surface area contributed by atoms with Gasteiger partial charge in [0.15, 0.2) is 12.0 Å². The Kier molecular flexibility index (Phi) is 5.28. The van der Waals surface area contributed by atoms with Crippen LogP contribution in [0.2, 0.25) is 0 Å². The van der Waals surface area contributed by atoms with Crippen LogP contribution in [-0.2, 0) is 19.9 Å². The molecule has 0 bridgehead atoms. The molecule has 8 nitrogen and oxygen atoms in total. The largest absolute Gasteiger partial charge is 0.506 e. The Morgan fingerprint density at radius 3 is 2.47 bits per heavy atom. The van der Waals surface area contributed by atoms with Crippen LogP contribution in [0.15, 0.2) is 65.7 Å². The molecule has 0 radical (unpaired) electrons. The van der Waals surface area contributed by atoms with E-state index < -0.39 is 11.6 Å². The maximum atomic E-state index is 12.8. The lowest BCUT2D eigenvalue weighted by Crippen LogP contribution is -2.29. The van der Waals surface area contributed by atoms with Crippen LogP contribution >= 0.6 is 0 Å². The topological polar surface area (TPSA) is 117 Å². The summed E-state index contributed by atoms with van der Waals surface area (Å²) in [5.41, 5.74) is 0.949. The Morgan fingerprint density at radius 1 is 1.06 bits per heavy atom. The molecule has 3 aromatic carbocycles. The molecule has 0 spiro atoms. The number of hydrogen-bond acceptors (Lipinski definition) is 7. The molecular formula is C24H20N2O6. The van der Waals surface area contributed by atoms with Crippen LogP contribution in [0.4, 0.5) is 11.4 Å². The van der Waals surface area contributed by atoms with Gasteiger partial charge in [0.05, 0.1) is 18.4 Å². The first kappa shape index (κ1) is 20.9. The molecule has 3 aromatic rings. The van der Waals surface area contributed by atoms with Crippen molar-refractivity contribution < 1.29 is 29.3 Å². The van der Waals surface area contributed by atoms with Crippen LogP contribution in [0.3, 0.4) is 0 Å². The molecule has 8 heteroatoms. The highest BCUT2D eigenvalue weighted by atomic mass is 16.6. The second-order valence-electron chi connectivity index (χ2n) is 7.20. The molecule has 0 aliphatic carbocycles. The minimum Gasteiger partial charge on any atom is -0.506 e. The van der Waals surface area contributed by atoms with Gasteiger partial charge in [0.1, 0.15) is 17.2 Å². The van der Waals surface area contributed by atoms with E-state index in [0.29, 0.717) is 22.3 Å². The molecule has 1 aliphatic heterocycles. The number of ether oxygens (including phenoxy) is 2. The summed E-state index contributed by atoms with van der Waals surface area (Å²) in [5.74, 6) is -1.10. The van der Waals surface area contributed by atoms with Gasteiger partial charge in [0.25, 0.3) is 0 Å². The number of cyclic esters (lactones) is 1. The zero-order valence-corrected chi connectivity index (χ0v) is 17.3. The van der Waals surface area contributed by atoms with E-state index in [1.54, 1.807) is 48.5 Å². The third kappa shape index (κ3) is 3.41. The highest BCUT2D eigenvalue weighted by Crippen LogP contribution is 2.49. The van der Waals surface area contributed by atoms with Gasteiger partial charge in [-0.15, -0.1) is 0 Å². The van der Waals surface area contributed by atoms with Crippen LogP contribution in [-0.4, -0.2) is 35.6 Å². The van der Waals surface area contributed by atoms with Gasteiger partial charge in [-0.3, -0.25) is 4.79 Å². The fourth-order valence-electron chi connectivity index (χ4n) is 3.81. The lowest BCUT2D eigenvalue weighted by Gasteiger charge is -2.31. The van der Waals surface area contributed by atoms with Crippen molar-refractivity contribution in [2.24, 2.45) is 4.99 Å². The number of aromatic hydroxyl groups is 2. The predicted molar refractivity (Wildman–Crippen MR) is 117 cm³/mol. The van der Waals surface area contributed by atoms with Crippen LogP contribution in [0, 0.1) is 0 Å². The van der Waals surface area contributed by atoms with Gasteiger partial charge in [-0.25, -0.2) is 9.79 Å². The standard InChI is InChI=1S/C24H20N2O6/c1-14(27)26-20-12-16(8-10-22(20)29)24(18-6-4-3-5-17(18)23(30)32-24)15-7-9-21(28)19(11-15)25-13-31-2/h3-13,28-29H,1-2H3,(H,26,27)/b25-13-. The molecule has 1 atom stereocenters. The second kappa shape index (κ2) is 8.07. The Hall–Kier alpha value is -4.33. The first-order chi connectivity index (χ1) is 15.4. The Morgan fingerprint density at radius 2 is 1.75 bits per heavy atom. The van der Waals surface area contributed by atoms with Crippen molar-refractivity contribution in [1.29, 1.82) is 0 Å². The van der Waals surface area contributed by atoms with Crippen molar-refractivity contribution >= 4 is 29.7 Å². The number of aliphatic imine (C=N–C) groups is 1. The van der Waals surface area contributed by atoms with Gasteiger partial charge in [0, 0.05) is 23.6 Å². The normalized spacial score (nSPS) is 17.1. The van der Waals surface area contributed by atoms with Crippen molar-refractivity contribution in [3.63, 3.8) is 0 Å². The molecule has 3 N–H and O–H groups in total. The number of benzene rings is 3. The van der Waals surface area contributed by atoms with E-state index >= 15 is 0 Å². The second-order valence-corrected chi connectivity index (χ2v) is 7.20. The quantitative estimate of drug-likeness (QED) is 0.244. The van der Waals surface area contributed by atoms with Gasteiger partial charge in [-0.1, -0.05) is 30.3 Å². The number of phenols is 2. The number of carbonyl (C=O) groups is 2. The molecular weight excluding hydrogens is 412 g/mol. The molecule has 1 unspecified atom stereocenters. The fraction of sp³-hybridized carbons (Fsp3) is 0.125. The fourth-order valence-corrected chi connectivity index (χ4v) is 3.81. The summed E-state index contributed by atoms with van der Waals surface area (Å²) in [5, 5.41) is 23.0. The van der Waals surface area contributed by atoms with Gasteiger partial charge >= 0.3 is 5.97 Å². The molecule has 32 heavy (non-hydrogen) atoms. The molecule has 4 rings (SSSR count). The monoisotopic (exact) mass is 432 g/mol. The summed E-state index contributed by atoms with van der Waals surface area (Å²) < 4.78 is 10.9. The smallest absolute Gasteiger partial charge is 0.340 e. The third-order valence-electron chi connectivity index (χ3n) is 5.16. The van der Waals surface area contributed by atoms with E-state index in [4.69, 9.17) is 9.47 Å². The minimum atomic E-state index is -1.40. The number of nitrogens with zero attached hydrogens (tertiary/aromatic N) is 1. The van der Waals surface area contributed by atoms with E-state index in [0.717, 1.165) is 0 Å². The number of rotatable bonds is 5. The number of fused-ring (bicyclic) bond motifs is 1. The summed E-state index contributed by atoms with van der Waals surface area (Å²) in [6, 6.07) is 16.2. The summed E-state index contributed by atoms with van der Waals surface area (Å²) >= 11 is 0. The molecule has 1 amide bonds. The van der Waals surface area contributed by atoms with Crippen molar-refractivity contribution in [2.75, 3.05) is 12.4 Å². The van der Waals surface area contributed by atoms with Gasteiger partial charge < -0.3 is 25.0 Å². The van der Waals surface area contributed by atoms with Gasteiger partial charge in [-0.05, 0) is 30.3 Å². The number of amides is 1. The molecule has 0 aromatic heterocycles. The minimum absolute atomic E-state index is 0.0838. The van der Waals surface area contributed by atoms with Crippen LogP contribution < -0.4 is 5.32 Å². The summed E-state index contributed by atoms with van der Waals surface area (Å²) in [6.07, 6.45) is 1.18. The number of anilines is 1. The Bertz CT molecular complexity index is 1250. The van der Waals surface area contributed by atoms with E-state index in [9.17, 15) is 19.8 Å². The lowest BCUT2D eigenvalue weighted by atomic mass is 9.79. The number of esters is 1. The SMILES string of the molecule is CO/C=N\c1cc(C2(c3ccc(O)c(NC(C)=O)c3)OC(=O)c3ccccc32)ccc1O. The number of carbonyl (C=O) groups excluding carboxylic acids is 2. The zero-order valence-electron chi connectivity index (χ0n) is 17.3. The Labute approximate surface area is 183 Å². The van der Waals surface area contributed by atoms with Crippen LogP contribution in [0.25, 0.3) is 0 Å². The number of methoxy groups -OCH3 is 1. The molecule has 0 saturated heterocycles. The first-order valence-electron chi connectivity index (χ1n) is 9.69. The van der Waals surface area contributed by atoms with Crippen molar-refractivity contribution in [2.45, 2.75) is 12.5 Å². The number of hydrogen-bond donors (Lipinski definition) is 3. The average molecular weight is 432 g/mol. The zero-order chi connectivity index (χ0) is 22.9. The molecule has 1 heterocycles. The van der Waals surface area contributed by atoms with E-state index in [2.05, 4.69) is 10.3 Å². The Balaban J connectivity index is 2.01. The summed E-state index contributed by atoms with van der Waals surface area (Å²) in [7, 11) is 1.43. The van der Waals surface area contributed by atoms with Crippen molar-refractivity contribution in [1.82, 2.24) is 0 Å². The van der Waals surface area contributed by atoms with E-state index in [1.807, 2.05) is 0 Å². The molecule has 162 valence electrons. The maximum Gasteiger partial charge on any atom is 0.340 e. The maximum absolute atomic E-state index is 12.8. The lowest BCUT2D eigenvalue weighted by molar-refractivity contribution is -0.114.